The lowest BCUT2D eigenvalue weighted by molar-refractivity contribution is -0.117. The quantitative estimate of drug-likeness (QED) is 0.239. The molecule has 39 heavy (non-hydrogen) atoms. The highest BCUT2D eigenvalue weighted by atomic mass is 32.1. The van der Waals surface area contributed by atoms with Gasteiger partial charge in [-0.15, -0.1) is 11.3 Å². The minimum atomic E-state index is -0.812. The Morgan fingerprint density at radius 3 is 2.41 bits per heavy atom. The predicted octanol–water partition coefficient (Wildman–Crippen LogP) is 7.24. The number of amides is 1. The standard InChI is InChI=1S/C32H30N2O4S/c1-19(2)18-38-25-15-13-22(14-16-25)27-26(29(36)32(37)34(27)24-12-8-9-20(3)17-24)28(35)30-21(4)33-31(39-30)23-10-6-5-7-11-23/h5-17,19,27,36H,18H2,1-4H3. The van der Waals surface area contributed by atoms with Gasteiger partial charge < -0.3 is 9.84 Å². The molecule has 1 amide bonds. The summed E-state index contributed by atoms with van der Waals surface area (Å²) in [5, 5.41) is 11.9. The molecule has 2 heterocycles. The Morgan fingerprint density at radius 2 is 1.74 bits per heavy atom. The maximum atomic E-state index is 14.1. The summed E-state index contributed by atoms with van der Waals surface area (Å²) in [4.78, 5) is 34.1. The Balaban J connectivity index is 1.58. The van der Waals surface area contributed by atoms with Crippen molar-refractivity contribution < 1.29 is 19.4 Å². The molecule has 1 aliphatic heterocycles. The third-order valence-electron chi connectivity index (χ3n) is 6.54. The third kappa shape index (κ3) is 5.22. The number of aromatic nitrogens is 1. The number of nitrogens with zero attached hydrogens (tertiary/aromatic N) is 2. The number of ether oxygens (including phenoxy) is 1. The molecule has 5 rings (SSSR count). The van der Waals surface area contributed by atoms with Crippen molar-refractivity contribution in [3.8, 4) is 16.3 Å². The van der Waals surface area contributed by atoms with Crippen molar-refractivity contribution in [1.29, 1.82) is 0 Å². The van der Waals surface area contributed by atoms with Crippen LogP contribution in [0, 0.1) is 19.8 Å². The molecule has 3 aromatic carbocycles. The van der Waals surface area contributed by atoms with Crippen LogP contribution in [0.25, 0.3) is 10.6 Å². The van der Waals surface area contributed by atoms with Crippen molar-refractivity contribution in [1.82, 2.24) is 4.98 Å². The van der Waals surface area contributed by atoms with Crippen molar-refractivity contribution in [3.05, 3.63) is 112 Å². The third-order valence-corrected chi connectivity index (χ3v) is 7.74. The van der Waals surface area contributed by atoms with Crippen LogP contribution in [0.4, 0.5) is 5.69 Å². The average molecular weight is 539 g/mol. The summed E-state index contributed by atoms with van der Waals surface area (Å²) in [5.41, 5.74) is 3.76. The summed E-state index contributed by atoms with van der Waals surface area (Å²) in [5.74, 6) is -0.481. The van der Waals surface area contributed by atoms with E-state index < -0.39 is 23.5 Å². The zero-order valence-electron chi connectivity index (χ0n) is 22.3. The minimum Gasteiger partial charge on any atom is -0.503 e. The zero-order valence-corrected chi connectivity index (χ0v) is 23.2. The number of aliphatic hydroxyl groups excluding tert-OH is 1. The summed E-state index contributed by atoms with van der Waals surface area (Å²) in [6, 6.07) is 23.7. The van der Waals surface area contributed by atoms with E-state index in [1.807, 2.05) is 85.8 Å². The first kappa shape index (κ1) is 26.4. The van der Waals surface area contributed by atoms with E-state index in [0.717, 1.165) is 11.1 Å². The SMILES string of the molecule is Cc1cccc(N2C(=O)C(O)=C(C(=O)c3sc(-c4ccccc4)nc3C)C2c2ccc(OCC(C)C)cc2)c1. The molecule has 198 valence electrons. The van der Waals surface area contributed by atoms with Crippen molar-refractivity contribution in [3.63, 3.8) is 0 Å². The van der Waals surface area contributed by atoms with Crippen LogP contribution in [0.1, 0.15) is 46.4 Å². The van der Waals surface area contributed by atoms with E-state index >= 15 is 0 Å². The molecule has 0 fully saturated rings. The number of carbonyl (C=O) groups excluding carboxylic acids is 2. The molecular weight excluding hydrogens is 508 g/mol. The molecule has 0 bridgehead atoms. The van der Waals surface area contributed by atoms with E-state index in [1.165, 1.54) is 16.2 Å². The van der Waals surface area contributed by atoms with E-state index in [4.69, 9.17) is 4.74 Å². The van der Waals surface area contributed by atoms with E-state index in [9.17, 15) is 14.7 Å². The highest BCUT2D eigenvalue weighted by Crippen LogP contribution is 2.43. The molecule has 1 aliphatic rings. The van der Waals surface area contributed by atoms with Gasteiger partial charge in [0.05, 0.1) is 28.8 Å². The Hall–Kier alpha value is -4.23. The monoisotopic (exact) mass is 538 g/mol. The first-order valence-electron chi connectivity index (χ1n) is 12.9. The molecular formula is C32H30N2O4S. The molecule has 1 unspecified atom stereocenters. The summed E-state index contributed by atoms with van der Waals surface area (Å²) in [7, 11) is 0. The lowest BCUT2D eigenvalue weighted by Crippen LogP contribution is -2.31. The van der Waals surface area contributed by atoms with Crippen LogP contribution in [-0.2, 0) is 4.79 Å². The van der Waals surface area contributed by atoms with E-state index in [0.29, 0.717) is 45.1 Å². The molecule has 1 N–H and O–H groups in total. The minimum absolute atomic E-state index is 0.0451. The lowest BCUT2D eigenvalue weighted by atomic mass is 9.94. The van der Waals surface area contributed by atoms with Gasteiger partial charge in [-0.2, -0.15) is 0 Å². The highest BCUT2D eigenvalue weighted by Gasteiger charge is 2.45. The number of hydrogen-bond donors (Lipinski definition) is 1. The number of ketones is 1. The number of hydrogen-bond acceptors (Lipinski definition) is 6. The fourth-order valence-corrected chi connectivity index (χ4v) is 5.67. The normalized spacial score (nSPS) is 15.4. The van der Waals surface area contributed by atoms with Crippen LogP contribution in [0.3, 0.4) is 0 Å². The molecule has 4 aromatic rings. The van der Waals surface area contributed by atoms with Gasteiger partial charge in [-0.25, -0.2) is 4.98 Å². The van der Waals surface area contributed by atoms with Crippen LogP contribution in [0.2, 0.25) is 0 Å². The molecule has 6 nitrogen and oxygen atoms in total. The van der Waals surface area contributed by atoms with Crippen LogP contribution in [0.15, 0.2) is 90.2 Å². The van der Waals surface area contributed by atoms with Gasteiger partial charge in [-0.05, 0) is 55.2 Å². The molecule has 1 aromatic heterocycles. The largest absolute Gasteiger partial charge is 0.503 e. The molecule has 0 radical (unpaired) electrons. The summed E-state index contributed by atoms with van der Waals surface area (Å²) < 4.78 is 5.84. The first-order chi connectivity index (χ1) is 18.7. The lowest BCUT2D eigenvalue weighted by Gasteiger charge is -2.27. The van der Waals surface area contributed by atoms with Crippen LogP contribution in [0.5, 0.6) is 5.75 Å². The maximum absolute atomic E-state index is 14.1. The number of thiazole rings is 1. The molecule has 1 atom stereocenters. The van der Waals surface area contributed by atoms with Gasteiger partial charge in [0.25, 0.3) is 5.91 Å². The van der Waals surface area contributed by atoms with Crippen LogP contribution < -0.4 is 9.64 Å². The fourth-order valence-electron chi connectivity index (χ4n) is 4.64. The second-order valence-electron chi connectivity index (χ2n) is 10.1. The van der Waals surface area contributed by atoms with E-state index in [-0.39, 0.29) is 5.57 Å². The van der Waals surface area contributed by atoms with Gasteiger partial charge in [0.1, 0.15) is 10.8 Å². The number of Topliss-reactive ketones (excluding diaryl/α,β-unsaturated/α-hetero) is 1. The fraction of sp³-hybridized carbons (Fsp3) is 0.219. The van der Waals surface area contributed by atoms with E-state index in [1.54, 1.807) is 6.92 Å². The van der Waals surface area contributed by atoms with Crippen molar-refractivity contribution >= 4 is 28.7 Å². The van der Waals surface area contributed by atoms with E-state index in [2.05, 4.69) is 18.8 Å². The Morgan fingerprint density at radius 1 is 1.03 bits per heavy atom. The van der Waals surface area contributed by atoms with Crippen molar-refractivity contribution in [2.75, 3.05) is 11.5 Å². The number of benzene rings is 3. The van der Waals surface area contributed by atoms with Gasteiger partial charge in [0.2, 0.25) is 5.78 Å². The maximum Gasteiger partial charge on any atom is 0.294 e. The zero-order chi connectivity index (χ0) is 27.7. The Labute approximate surface area is 232 Å². The van der Waals surface area contributed by atoms with Gasteiger partial charge in [0.15, 0.2) is 5.76 Å². The predicted molar refractivity (Wildman–Crippen MR) is 154 cm³/mol. The van der Waals surface area contributed by atoms with Gasteiger partial charge in [-0.3, -0.25) is 14.5 Å². The highest BCUT2D eigenvalue weighted by molar-refractivity contribution is 7.17. The van der Waals surface area contributed by atoms with Crippen molar-refractivity contribution in [2.24, 2.45) is 5.92 Å². The smallest absolute Gasteiger partial charge is 0.294 e. The number of aliphatic hydroxyl groups is 1. The summed E-state index contributed by atoms with van der Waals surface area (Å²) >= 11 is 1.26. The molecule has 0 aliphatic carbocycles. The van der Waals surface area contributed by atoms with Crippen LogP contribution in [-0.4, -0.2) is 28.4 Å². The second-order valence-corrected chi connectivity index (χ2v) is 11.1. The average Bonchev–Trinajstić information content (AvgIpc) is 3.45. The van der Waals surface area contributed by atoms with Gasteiger partial charge in [-0.1, -0.05) is 68.4 Å². The second kappa shape index (κ2) is 10.9. The van der Waals surface area contributed by atoms with Gasteiger partial charge >= 0.3 is 0 Å². The molecule has 0 saturated heterocycles. The molecule has 7 heteroatoms. The molecule has 0 saturated carbocycles. The number of anilines is 1. The first-order valence-corrected chi connectivity index (χ1v) is 13.7. The Kier molecular flexibility index (Phi) is 7.35. The van der Waals surface area contributed by atoms with Crippen LogP contribution >= 0.6 is 11.3 Å². The number of rotatable bonds is 8. The molecule has 0 spiro atoms. The van der Waals surface area contributed by atoms with Gasteiger partial charge in [0, 0.05) is 11.3 Å². The summed E-state index contributed by atoms with van der Waals surface area (Å²) in [6.07, 6.45) is 0. The number of aryl methyl sites for hydroxylation is 2. The Bertz CT molecular complexity index is 1550. The summed E-state index contributed by atoms with van der Waals surface area (Å²) in [6.45, 7) is 8.45. The van der Waals surface area contributed by atoms with Crippen molar-refractivity contribution in [2.45, 2.75) is 33.7 Å². The number of carbonyl (C=O) groups is 2. The topological polar surface area (TPSA) is 79.7 Å².